The molecular weight excluding hydrogens is 382 g/mol. The fraction of sp³-hybridized carbons (Fsp3) is 0.529. The molecule has 2 aromatic heterocycles. The van der Waals surface area contributed by atoms with Gasteiger partial charge in [-0.05, 0) is 20.8 Å². The fourth-order valence-corrected chi connectivity index (χ4v) is 3.19. The Labute approximate surface area is 166 Å². The van der Waals surface area contributed by atoms with E-state index in [0.29, 0.717) is 38.5 Å². The van der Waals surface area contributed by atoms with Crippen molar-refractivity contribution in [3.63, 3.8) is 0 Å². The Kier molecular flexibility index (Phi) is 5.92. The van der Waals surface area contributed by atoms with Gasteiger partial charge in [-0.2, -0.15) is 10.2 Å². The molecule has 0 saturated carbocycles. The van der Waals surface area contributed by atoms with E-state index in [9.17, 15) is 19.7 Å². The molecule has 1 aliphatic heterocycles. The molecule has 2 amide bonds. The van der Waals surface area contributed by atoms with E-state index in [0.717, 1.165) is 6.20 Å². The number of nitro groups is 1. The van der Waals surface area contributed by atoms with Gasteiger partial charge in [0.1, 0.15) is 23.6 Å². The molecule has 0 bridgehead atoms. The van der Waals surface area contributed by atoms with E-state index in [4.69, 9.17) is 4.74 Å². The summed E-state index contributed by atoms with van der Waals surface area (Å²) in [5.41, 5.74) is 0.691. The molecule has 156 valence electrons. The Balaban J connectivity index is 1.82. The van der Waals surface area contributed by atoms with Crippen molar-refractivity contribution in [2.45, 2.75) is 33.4 Å². The largest absolute Gasteiger partial charge is 0.378 e. The second-order valence-electron chi connectivity index (χ2n) is 6.61. The molecule has 0 spiro atoms. The van der Waals surface area contributed by atoms with Gasteiger partial charge in [0.2, 0.25) is 5.91 Å². The molecule has 3 heterocycles. The number of hydrogen-bond donors (Lipinski definition) is 1. The minimum absolute atomic E-state index is 0.161. The summed E-state index contributed by atoms with van der Waals surface area (Å²) in [6.07, 6.45) is 2.54. The van der Waals surface area contributed by atoms with Gasteiger partial charge in [-0.1, -0.05) is 0 Å². The summed E-state index contributed by atoms with van der Waals surface area (Å²) in [7, 11) is 0. The first-order chi connectivity index (χ1) is 13.8. The zero-order valence-corrected chi connectivity index (χ0v) is 16.5. The van der Waals surface area contributed by atoms with Crippen LogP contribution in [0.1, 0.15) is 36.1 Å². The SMILES string of the molecule is CCn1ncc(NC(=O)C(C)n2ncc([N+](=O)[O-])c2C)c1C(=O)N1CCOCC1. The van der Waals surface area contributed by atoms with Crippen molar-refractivity contribution in [2.24, 2.45) is 0 Å². The number of nitrogens with one attached hydrogen (secondary N) is 1. The molecule has 12 nitrogen and oxygen atoms in total. The number of nitrogens with zero attached hydrogens (tertiary/aromatic N) is 6. The quantitative estimate of drug-likeness (QED) is 0.559. The van der Waals surface area contributed by atoms with Gasteiger partial charge >= 0.3 is 5.69 Å². The molecule has 12 heteroatoms. The molecule has 1 unspecified atom stereocenters. The maximum atomic E-state index is 13.0. The number of hydrogen-bond acceptors (Lipinski definition) is 7. The van der Waals surface area contributed by atoms with Crippen LogP contribution in [0.15, 0.2) is 12.4 Å². The first kappa shape index (κ1) is 20.5. The van der Waals surface area contributed by atoms with Gasteiger partial charge in [0, 0.05) is 19.6 Å². The first-order valence-corrected chi connectivity index (χ1v) is 9.27. The van der Waals surface area contributed by atoms with Crippen LogP contribution in [0.25, 0.3) is 0 Å². The maximum absolute atomic E-state index is 13.0. The number of morpholine rings is 1. The van der Waals surface area contributed by atoms with Crippen molar-refractivity contribution in [3.05, 3.63) is 33.9 Å². The van der Waals surface area contributed by atoms with Crippen LogP contribution in [0.3, 0.4) is 0 Å². The Morgan fingerprint density at radius 3 is 2.59 bits per heavy atom. The standard InChI is InChI=1S/C17H23N7O5/c1-4-22-15(17(26)21-5-7-29-8-6-21)13(9-18-22)20-16(25)12(3)23-11(2)14(10-19-23)24(27)28/h9-10,12H,4-8H2,1-3H3,(H,20,25). The molecule has 1 fully saturated rings. The minimum Gasteiger partial charge on any atom is -0.378 e. The Morgan fingerprint density at radius 1 is 1.31 bits per heavy atom. The molecule has 0 aliphatic carbocycles. The highest BCUT2D eigenvalue weighted by atomic mass is 16.6. The number of ether oxygens (including phenoxy) is 1. The molecule has 3 rings (SSSR count). The summed E-state index contributed by atoms with van der Waals surface area (Å²) < 4.78 is 8.09. The van der Waals surface area contributed by atoms with Gasteiger partial charge in [0.15, 0.2) is 0 Å². The molecule has 1 aliphatic rings. The van der Waals surface area contributed by atoms with Gasteiger partial charge in [0.05, 0.1) is 30.0 Å². The average Bonchev–Trinajstić information content (AvgIpc) is 3.30. The summed E-state index contributed by atoms with van der Waals surface area (Å²) in [6, 6.07) is -0.819. The van der Waals surface area contributed by atoms with E-state index in [1.807, 2.05) is 6.92 Å². The third-order valence-corrected chi connectivity index (χ3v) is 4.86. The monoisotopic (exact) mass is 405 g/mol. The third-order valence-electron chi connectivity index (χ3n) is 4.86. The Hall–Kier alpha value is -3.28. The van der Waals surface area contributed by atoms with Crippen molar-refractivity contribution >= 4 is 23.2 Å². The van der Waals surface area contributed by atoms with E-state index in [-0.39, 0.29) is 23.0 Å². The highest BCUT2D eigenvalue weighted by Gasteiger charge is 2.28. The summed E-state index contributed by atoms with van der Waals surface area (Å²) in [5, 5.41) is 21.9. The highest BCUT2D eigenvalue weighted by molar-refractivity contribution is 6.03. The van der Waals surface area contributed by atoms with Crippen LogP contribution in [0.4, 0.5) is 11.4 Å². The average molecular weight is 405 g/mol. The lowest BCUT2D eigenvalue weighted by Gasteiger charge is -2.27. The number of anilines is 1. The topological polar surface area (TPSA) is 137 Å². The van der Waals surface area contributed by atoms with Gasteiger partial charge in [-0.15, -0.1) is 0 Å². The van der Waals surface area contributed by atoms with Crippen LogP contribution >= 0.6 is 0 Å². The van der Waals surface area contributed by atoms with E-state index in [1.54, 1.807) is 11.8 Å². The first-order valence-electron chi connectivity index (χ1n) is 9.27. The minimum atomic E-state index is -0.819. The fourth-order valence-electron chi connectivity index (χ4n) is 3.19. The molecular formula is C17H23N7O5. The molecule has 0 radical (unpaired) electrons. The lowest BCUT2D eigenvalue weighted by atomic mass is 10.2. The second-order valence-corrected chi connectivity index (χ2v) is 6.61. The predicted molar refractivity (Wildman–Crippen MR) is 102 cm³/mol. The summed E-state index contributed by atoms with van der Waals surface area (Å²) in [6.45, 7) is 7.26. The number of aromatic nitrogens is 4. The van der Waals surface area contributed by atoms with Gasteiger partial charge in [-0.25, -0.2) is 0 Å². The number of carbonyl (C=O) groups is 2. The van der Waals surface area contributed by atoms with Crippen molar-refractivity contribution in [1.29, 1.82) is 0 Å². The third kappa shape index (κ3) is 3.97. The predicted octanol–water partition coefficient (Wildman–Crippen LogP) is 0.988. The van der Waals surface area contributed by atoms with Crippen LogP contribution < -0.4 is 5.32 Å². The Bertz CT molecular complexity index is 929. The van der Waals surface area contributed by atoms with E-state index >= 15 is 0 Å². The number of aryl methyl sites for hydroxylation is 1. The van der Waals surface area contributed by atoms with Gasteiger partial charge < -0.3 is 15.0 Å². The summed E-state index contributed by atoms with van der Waals surface area (Å²) in [5.74, 6) is -0.695. The van der Waals surface area contributed by atoms with Crippen molar-refractivity contribution in [2.75, 3.05) is 31.6 Å². The van der Waals surface area contributed by atoms with Crippen LogP contribution in [0.5, 0.6) is 0 Å². The van der Waals surface area contributed by atoms with Crippen LogP contribution in [-0.4, -0.2) is 67.5 Å². The van der Waals surface area contributed by atoms with Crippen molar-refractivity contribution < 1.29 is 19.2 Å². The smallest absolute Gasteiger partial charge is 0.309 e. The van der Waals surface area contributed by atoms with Crippen molar-refractivity contribution in [1.82, 2.24) is 24.5 Å². The van der Waals surface area contributed by atoms with Crippen LogP contribution in [-0.2, 0) is 16.1 Å². The zero-order valence-electron chi connectivity index (χ0n) is 16.5. The second kappa shape index (κ2) is 8.39. The van der Waals surface area contributed by atoms with Gasteiger partial charge in [-0.3, -0.25) is 29.1 Å². The maximum Gasteiger partial charge on any atom is 0.309 e. The molecule has 1 atom stereocenters. The van der Waals surface area contributed by atoms with Crippen LogP contribution in [0.2, 0.25) is 0 Å². The molecule has 0 aromatic carbocycles. The zero-order chi connectivity index (χ0) is 21.1. The van der Waals surface area contributed by atoms with E-state index in [1.165, 1.54) is 22.5 Å². The van der Waals surface area contributed by atoms with Crippen molar-refractivity contribution in [3.8, 4) is 0 Å². The van der Waals surface area contributed by atoms with E-state index < -0.39 is 16.9 Å². The number of rotatable bonds is 6. The number of amides is 2. The lowest BCUT2D eigenvalue weighted by Crippen LogP contribution is -2.42. The lowest BCUT2D eigenvalue weighted by molar-refractivity contribution is -0.385. The van der Waals surface area contributed by atoms with E-state index in [2.05, 4.69) is 15.5 Å². The van der Waals surface area contributed by atoms with Gasteiger partial charge in [0.25, 0.3) is 5.91 Å². The molecule has 1 N–H and O–H groups in total. The number of carbonyl (C=O) groups excluding carboxylic acids is 2. The molecule has 2 aromatic rings. The summed E-state index contributed by atoms with van der Waals surface area (Å²) in [4.78, 5) is 37.9. The molecule has 29 heavy (non-hydrogen) atoms. The Morgan fingerprint density at radius 2 is 2.00 bits per heavy atom. The molecule has 1 saturated heterocycles. The highest BCUT2D eigenvalue weighted by Crippen LogP contribution is 2.23. The van der Waals surface area contributed by atoms with Crippen LogP contribution in [0, 0.1) is 17.0 Å². The normalized spacial score (nSPS) is 15.2. The summed E-state index contributed by atoms with van der Waals surface area (Å²) >= 11 is 0.